The van der Waals surface area contributed by atoms with Crippen LogP contribution in [0.3, 0.4) is 0 Å². The van der Waals surface area contributed by atoms with Gasteiger partial charge in [-0.05, 0) is 54.3 Å². The van der Waals surface area contributed by atoms with E-state index >= 15 is 0 Å². The van der Waals surface area contributed by atoms with Gasteiger partial charge >= 0.3 is 0 Å². The summed E-state index contributed by atoms with van der Waals surface area (Å²) in [6.07, 6.45) is 5.19. The van der Waals surface area contributed by atoms with Crippen molar-refractivity contribution in [3.63, 3.8) is 0 Å². The van der Waals surface area contributed by atoms with Gasteiger partial charge in [0.25, 0.3) is 5.78 Å². The third-order valence-electron chi connectivity index (χ3n) is 6.28. The Balaban J connectivity index is 1.46. The Labute approximate surface area is 187 Å². The molecule has 2 aromatic carbocycles. The van der Waals surface area contributed by atoms with Crippen LogP contribution in [0.1, 0.15) is 40.2 Å². The van der Waals surface area contributed by atoms with E-state index in [0.29, 0.717) is 17.0 Å². The van der Waals surface area contributed by atoms with Crippen molar-refractivity contribution in [3.05, 3.63) is 83.4 Å². The highest BCUT2D eigenvalue weighted by atomic mass is 19.1. The molecular weight excluding hydrogens is 421 g/mol. The highest BCUT2D eigenvalue weighted by Crippen LogP contribution is 2.53. The summed E-state index contributed by atoms with van der Waals surface area (Å²) in [6, 6.07) is 15.0. The maximum Gasteiger partial charge on any atom is 0.271 e. The molecule has 33 heavy (non-hydrogen) atoms. The molecule has 0 bridgehead atoms. The number of amides is 1. The summed E-state index contributed by atoms with van der Waals surface area (Å²) in [5.41, 5.74) is 8.65. The molecule has 1 amide bonds. The Morgan fingerprint density at radius 3 is 2.76 bits per heavy atom. The van der Waals surface area contributed by atoms with Crippen molar-refractivity contribution in [2.75, 3.05) is 0 Å². The molecule has 3 aromatic heterocycles. The fraction of sp³-hybridized carbons (Fsp3) is 0.167. The Morgan fingerprint density at radius 1 is 1.09 bits per heavy atom. The van der Waals surface area contributed by atoms with Gasteiger partial charge in [0, 0.05) is 22.7 Å². The van der Waals surface area contributed by atoms with Crippen molar-refractivity contribution in [2.24, 2.45) is 5.73 Å². The van der Waals surface area contributed by atoms with Crippen molar-refractivity contribution in [2.45, 2.75) is 24.9 Å². The molecule has 1 fully saturated rings. The third-order valence-corrected chi connectivity index (χ3v) is 6.28. The van der Waals surface area contributed by atoms with Crippen LogP contribution in [0, 0.1) is 0 Å². The van der Waals surface area contributed by atoms with Crippen molar-refractivity contribution in [3.8, 4) is 11.3 Å². The summed E-state index contributed by atoms with van der Waals surface area (Å²) in [4.78, 5) is 20.4. The molecule has 2 N–H and O–H groups in total. The van der Waals surface area contributed by atoms with E-state index in [1.54, 1.807) is 29.0 Å². The van der Waals surface area contributed by atoms with E-state index in [2.05, 4.69) is 32.3 Å². The second-order valence-electron chi connectivity index (χ2n) is 8.24. The average Bonchev–Trinajstić information content (AvgIpc) is 3.55. The molecule has 1 aliphatic rings. The van der Waals surface area contributed by atoms with E-state index in [0.717, 1.165) is 35.1 Å². The lowest BCUT2D eigenvalue weighted by Gasteiger charge is -2.14. The van der Waals surface area contributed by atoms with Gasteiger partial charge in [-0.2, -0.15) is 9.61 Å². The molecule has 0 saturated heterocycles. The topological polar surface area (TPSA) is 112 Å². The van der Waals surface area contributed by atoms with Gasteiger partial charge in [0.1, 0.15) is 12.4 Å². The Bertz CT molecular complexity index is 1560. The standard InChI is InChI=1S/C24H18FN7O/c25-12-16-10-15(3-5-18(16)21(26)33)20-13-28-23-30-29-22(32(23)31-20)24(7-8-24)17-4-6-19-14(11-17)2-1-9-27-19/h1-6,9-11,13H,7-8,12H2,(H2,26,33). The fourth-order valence-electron chi connectivity index (χ4n) is 4.37. The number of carbonyl (C=O) groups is 1. The number of halogens is 1. The quantitative estimate of drug-likeness (QED) is 0.449. The lowest BCUT2D eigenvalue weighted by atomic mass is 9.94. The minimum Gasteiger partial charge on any atom is -0.366 e. The maximum absolute atomic E-state index is 13.5. The van der Waals surface area contributed by atoms with E-state index in [9.17, 15) is 9.18 Å². The number of pyridine rings is 1. The predicted octanol–water partition coefficient (Wildman–Crippen LogP) is 3.38. The predicted molar refractivity (Wildman–Crippen MR) is 119 cm³/mol. The number of alkyl halides is 1. The number of carbonyl (C=O) groups excluding carboxylic acids is 1. The summed E-state index contributed by atoms with van der Waals surface area (Å²) >= 11 is 0. The highest BCUT2D eigenvalue weighted by Gasteiger charge is 2.50. The van der Waals surface area contributed by atoms with Crippen LogP contribution < -0.4 is 5.73 Å². The Hall–Kier alpha value is -4.27. The number of rotatable bonds is 5. The highest BCUT2D eigenvalue weighted by molar-refractivity contribution is 5.95. The van der Waals surface area contributed by atoms with Crippen LogP contribution in [0.2, 0.25) is 0 Å². The number of hydrogen-bond acceptors (Lipinski definition) is 6. The molecular formula is C24H18FN7O. The first kappa shape index (κ1) is 19.4. The summed E-state index contributed by atoms with van der Waals surface area (Å²) in [7, 11) is 0. The molecule has 0 aliphatic heterocycles. The van der Waals surface area contributed by atoms with E-state index in [1.165, 1.54) is 6.07 Å². The maximum atomic E-state index is 13.5. The summed E-state index contributed by atoms with van der Waals surface area (Å²) in [6.45, 7) is -0.806. The van der Waals surface area contributed by atoms with Crippen molar-refractivity contribution >= 4 is 22.6 Å². The van der Waals surface area contributed by atoms with E-state index in [1.807, 2.05) is 18.2 Å². The zero-order valence-corrected chi connectivity index (χ0v) is 17.4. The lowest BCUT2D eigenvalue weighted by Crippen LogP contribution is -2.15. The number of aromatic nitrogens is 6. The van der Waals surface area contributed by atoms with Crippen LogP contribution in [-0.4, -0.2) is 35.7 Å². The summed E-state index contributed by atoms with van der Waals surface area (Å²) < 4.78 is 15.2. The molecule has 5 aromatic rings. The largest absolute Gasteiger partial charge is 0.366 e. The molecule has 0 unspecified atom stereocenters. The van der Waals surface area contributed by atoms with Crippen molar-refractivity contribution in [1.29, 1.82) is 0 Å². The summed E-state index contributed by atoms with van der Waals surface area (Å²) in [5.74, 6) is 0.439. The zero-order valence-electron chi connectivity index (χ0n) is 17.4. The minimum atomic E-state index is -0.806. The number of nitrogens with two attached hydrogens (primary N) is 1. The van der Waals surface area contributed by atoms with Crippen LogP contribution >= 0.6 is 0 Å². The van der Waals surface area contributed by atoms with Crippen molar-refractivity contribution < 1.29 is 9.18 Å². The van der Waals surface area contributed by atoms with E-state index in [-0.39, 0.29) is 16.5 Å². The van der Waals surface area contributed by atoms with Gasteiger partial charge in [0.15, 0.2) is 5.82 Å². The van der Waals surface area contributed by atoms with Crippen LogP contribution in [0.4, 0.5) is 4.39 Å². The number of hydrogen-bond donors (Lipinski definition) is 1. The Morgan fingerprint density at radius 2 is 1.97 bits per heavy atom. The van der Waals surface area contributed by atoms with Crippen LogP contribution in [-0.2, 0) is 12.1 Å². The zero-order chi connectivity index (χ0) is 22.6. The van der Waals surface area contributed by atoms with Gasteiger partial charge in [-0.1, -0.05) is 18.2 Å². The van der Waals surface area contributed by atoms with Crippen LogP contribution in [0.5, 0.6) is 0 Å². The first-order valence-electron chi connectivity index (χ1n) is 10.5. The molecule has 3 heterocycles. The van der Waals surface area contributed by atoms with E-state index < -0.39 is 12.6 Å². The third kappa shape index (κ3) is 3.04. The van der Waals surface area contributed by atoms with Crippen LogP contribution in [0.25, 0.3) is 27.9 Å². The molecule has 162 valence electrons. The number of primary amides is 1. The number of benzene rings is 2. The second-order valence-corrected chi connectivity index (χ2v) is 8.24. The van der Waals surface area contributed by atoms with Gasteiger partial charge in [0.05, 0.1) is 17.1 Å². The first-order valence-corrected chi connectivity index (χ1v) is 10.5. The first-order chi connectivity index (χ1) is 16.1. The van der Waals surface area contributed by atoms with Gasteiger partial charge in [-0.3, -0.25) is 9.78 Å². The normalized spacial score (nSPS) is 14.6. The average molecular weight is 439 g/mol. The molecule has 6 rings (SSSR count). The summed E-state index contributed by atoms with van der Waals surface area (Å²) in [5, 5.41) is 14.5. The van der Waals surface area contributed by atoms with Gasteiger partial charge in [-0.15, -0.1) is 10.2 Å². The monoisotopic (exact) mass is 439 g/mol. The lowest BCUT2D eigenvalue weighted by molar-refractivity contribution is 0.0998. The molecule has 0 atom stereocenters. The second kappa shape index (κ2) is 7.13. The minimum absolute atomic E-state index is 0.156. The van der Waals surface area contributed by atoms with Crippen molar-refractivity contribution in [1.82, 2.24) is 29.8 Å². The fourth-order valence-corrected chi connectivity index (χ4v) is 4.37. The molecule has 0 radical (unpaired) electrons. The van der Waals surface area contributed by atoms with Gasteiger partial charge < -0.3 is 5.73 Å². The number of nitrogens with zero attached hydrogens (tertiary/aromatic N) is 6. The van der Waals surface area contributed by atoms with Gasteiger partial charge in [-0.25, -0.2) is 9.37 Å². The Kier molecular flexibility index (Phi) is 4.19. The van der Waals surface area contributed by atoms with E-state index in [4.69, 9.17) is 10.8 Å². The SMILES string of the molecule is NC(=O)c1ccc(-c2cnc3nnc(C4(c5ccc6ncccc6c5)CC4)n3n2)cc1CF. The molecule has 9 heteroatoms. The molecule has 0 spiro atoms. The molecule has 1 aliphatic carbocycles. The van der Waals surface area contributed by atoms with Crippen LogP contribution in [0.15, 0.2) is 60.9 Å². The number of fused-ring (bicyclic) bond motifs is 2. The molecule has 8 nitrogen and oxygen atoms in total. The van der Waals surface area contributed by atoms with Gasteiger partial charge in [0.2, 0.25) is 5.91 Å². The molecule has 1 saturated carbocycles. The smallest absolute Gasteiger partial charge is 0.271 e.